The SMILES string of the molecule is CC(NC(=O)c1ccc(Br)s1)C(=O)NCCOc1ccc(F)cc1. The van der Waals surface area contributed by atoms with Crippen molar-refractivity contribution in [3.8, 4) is 5.75 Å². The largest absolute Gasteiger partial charge is 0.492 e. The number of carbonyl (C=O) groups excluding carboxylic acids is 2. The molecule has 2 aromatic rings. The van der Waals surface area contributed by atoms with E-state index in [9.17, 15) is 14.0 Å². The molecule has 2 amide bonds. The van der Waals surface area contributed by atoms with Crippen LogP contribution in [0.25, 0.3) is 0 Å². The van der Waals surface area contributed by atoms with Crippen LogP contribution in [0.4, 0.5) is 4.39 Å². The molecular weight excluding hydrogens is 399 g/mol. The van der Waals surface area contributed by atoms with Gasteiger partial charge >= 0.3 is 0 Å². The maximum Gasteiger partial charge on any atom is 0.262 e. The third-order valence-electron chi connectivity index (χ3n) is 3.02. The second-order valence-corrected chi connectivity index (χ2v) is 7.36. The van der Waals surface area contributed by atoms with E-state index in [-0.39, 0.29) is 30.8 Å². The molecule has 0 radical (unpaired) electrons. The number of halogens is 2. The van der Waals surface area contributed by atoms with E-state index in [1.807, 2.05) is 0 Å². The third kappa shape index (κ3) is 5.61. The zero-order valence-electron chi connectivity index (χ0n) is 12.8. The fourth-order valence-electron chi connectivity index (χ4n) is 1.80. The first kappa shape index (κ1) is 18.4. The Hall–Kier alpha value is -1.93. The Balaban J connectivity index is 1.69. The molecule has 24 heavy (non-hydrogen) atoms. The monoisotopic (exact) mass is 414 g/mol. The molecule has 128 valence electrons. The van der Waals surface area contributed by atoms with Crippen molar-refractivity contribution in [3.63, 3.8) is 0 Å². The van der Waals surface area contributed by atoms with Gasteiger partial charge in [-0.25, -0.2) is 4.39 Å². The lowest BCUT2D eigenvalue weighted by Gasteiger charge is -2.14. The first-order chi connectivity index (χ1) is 11.5. The van der Waals surface area contributed by atoms with E-state index >= 15 is 0 Å². The number of nitrogens with one attached hydrogen (secondary N) is 2. The zero-order valence-corrected chi connectivity index (χ0v) is 15.2. The van der Waals surface area contributed by atoms with Gasteiger partial charge < -0.3 is 15.4 Å². The molecule has 1 atom stereocenters. The standard InChI is InChI=1S/C16H16BrFN2O3S/c1-10(20-16(22)13-6-7-14(17)24-13)15(21)19-8-9-23-12-4-2-11(18)3-5-12/h2-7,10H,8-9H2,1H3,(H,19,21)(H,20,22). The van der Waals surface area contributed by atoms with E-state index in [1.165, 1.54) is 35.6 Å². The van der Waals surface area contributed by atoms with Crippen LogP contribution >= 0.6 is 27.3 Å². The van der Waals surface area contributed by atoms with Gasteiger partial charge in [0.15, 0.2) is 0 Å². The van der Waals surface area contributed by atoms with Gasteiger partial charge in [0.05, 0.1) is 15.2 Å². The molecule has 1 unspecified atom stereocenters. The molecule has 0 bridgehead atoms. The third-order valence-corrected chi connectivity index (χ3v) is 4.64. The molecule has 8 heteroatoms. The van der Waals surface area contributed by atoms with Crippen LogP contribution in [0.15, 0.2) is 40.2 Å². The molecular formula is C16H16BrFN2O3S. The molecule has 0 saturated heterocycles. The summed E-state index contributed by atoms with van der Waals surface area (Å²) in [6.07, 6.45) is 0. The molecule has 2 N–H and O–H groups in total. The summed E-state index contributed by atoms with van der Waals surface area (Å²) in [6.45, 7) is 2.13. The highest BCUT2D eigenvalue weighted by Crippen LogP contribution is 2.21. The summed E-state index contributed by atoms with van der Waals surface area (Å²) >= 11 is 4.58. The molecule has 0 saturated carbocycles. The summed E-state index contributed by atoms with van der Waals surface area (Å²) in [5.41, 5.74) is 0. The van der Waals surface area contributed by atoms with Gasteiger partial charge in [-0.1, -0.05) is 0 Å². The van der Waals surface area contributed by atoms with Crippen molar-refractivity contribution in [2.75, 3.05) is 13.2 Å². The lowest BCUT2D eigenvalue weighted by atomic mass is 10.3. The van der Waals surface area contributed by atoms with Gasteiger partial charge in [0.25, 0.3) is 5.91 Å². The number of hydrogen-bond donors (Lipinski definition) is 2. The highest BCUT2D eigenvalue weighted by Gasteiger charge is 2.17. The highest BCUT2D eigenvalue weighted by atomic mass is 79.9. The van der Waals surface area contributed by atoms with E-state index in [4.69, 9.17) is 4.74 Å². The lowest BCUT2D eigenvalue weighted by molar-refractivity contribution is -0.122. The first-order valence-electron chi connectivity index (χ1n) is 7.18. The molecule has 0 spiro atoms. The van der Waals surface area contributed by atoms with E-state index in [0.29, 0.717) is 10.6 Å². The average molecular weight is 415 g/mol. The van der Waals surface area contributed by atoms with Crippen LogP contribution in [0.2, 0.25) is 0 Å². The Morgan fingerprint density at radius 3 is 2.58 bits per heavy atom. The fourth-order valence-corrected chi connectivity index (χ4v) is 3.09. The maximum absolute atomic E-state index is 12.7. The molecule has 0 aliphatic rings. The Bertz CT molecular complexity index is 706. The normalized spacial score (nSPS) is 11.6. The van der Waals surface area contributed by atoms with Crippen LogP contribution in [-0.4, -0.2) is 31.0 Å². The minimum Gasteiger partial charge on any atom is -0.492 e. The minimum atomic E-state index is -0.663. The molecule has 0 aliphatic heterocycles. The van der Waals surface area contributed by atoms with E-state index in [0.717, 1.165) is 3.79 Å². The van der Waals surface area contributed by atoms with E-state index < -0.39 is 6.04 Å². The van der Waals surface area contributed by atoms with Crippen molar-refractivity contribution in [1.29, 1.82) is 0 Å². The van der Waals surface area contributed by atoms with E-state index in [2.05, 4.69) is 26.6 Å². The number of amides is 2. The lowest BCUT2D eigenvalue weighted by Crippen LogP contribution is -2.45. The summed E-state index contributed by atoms with van der Waals surface area (Å²) in [4.78, 5) is 24.4. The first-order valence-corrected chi connectivity index (χ1v) is 8.79. The second-order valence-electron chi connectivity index (χ2n) is 4.89. The predicted octanol–water partition coefficient (Wildman–Crippen LogP) is 2.96. The second kappa shape index (κ2) is 8.79. The quantitative estimate of drug-likeness (QED) is 0.684. The van der Waals surface area contributed by atoms with Crippen LogP contribution in [0.3, 0.4) is 0 Å². The topological polar surface area (TPSA) is 67.4 Å². The van der Waals surface area contributed by atoms with E-state index in [1.54, 1.807) is 19.1 Å². The number of ether oxygens (including phenoxy) is 1. The van der Waals surface area contributed by atoms with Crippen LogP contribution in [0.1, 0.15) is 16.6 Å². The number of rotatable bonds is 7. The van der Waals surface area contributed by atoms with Gasteiger partial charge in [0.1, 0.15) is 24.2 Å². The summed E-state index contributed by atoms with van der Waals surface area (Å²) in [6, 6.07) is 8.42. The van der Waals surface area contributed by atoms with Crippen LogP contribution in [0, 0.1) is 5.82 Å². The summed E-state index contributed by atoms with van der Waals surface area (Å²) in [7, 11) is 0. The van der Waals surface area contributed by atoms with Crippen molar-refractivity contribution in [3.05, 3.63) is 50.9 Å². The van der Waals surface area contributed by atoms with Crippen LogP contribution in [-0.2, 0) is 4.79 Å². The smallest absolute Gasteiger partial charge is 0.262 e. The predicted molar refractivity (Wildman–Crippen MR) is 93.9 cm³/mol. The van der Waals surface area contributed by atoms with Gasteiger partial charge in [-0.05, 0) is 59.3 Å². The Morgan fingerprint density at radius 1 is 1.25 bits per heavy atom. The number of hydrogen-bond acceptors (Lipinski definition) is 4. The Labute approximate surface area is 151 Å². The van der Waals surface area contributed by atoms with Crippen molar-refractivity contribution in [1.82, 2.24) is 10.6 Å². The van der Waals surface area contributed by atoms with Crippen molar-refractivity contribution < 1.29 is 18.7 Å². The number of carbonyl (C=O) groups is 2. The Kier molecular flexibility index (Phi) is 6.74. The van der Waals surface area contributed by atoms with Gasteiger partial charge in [0.2, 0.25) is 5.91 Å². The fraction of sp³-hybridized carbons (Fsp3) is 0.250. The van der Waals surface area contributed by atoms with Gasteiger partial charge in [-0.3, -0.25) is 9.59 Å². The highest BCUT2D eigenvalue weighted by molar-refractivity contribution is 9.11. The molecule has 0 aliphatic carbocycles. The maximum atomic E-state index is 12.7. The zero-order chi connectivity index (χ0) is 17.5. The molecule has 1 aromatic carbocycles. The molecule has 5 nitrogen and oxygen atoms in total. The summed E-state index contributed by atoms with van der Waals surface area (Å²) < 4.78 is 19.0. The van der Waals surface area contributed by atoms with Gasteiger partial charge in [-0.2, -0.15) is 0 Å². The van der Waals surface area contributed by atoms with Crippen LogP contribution < -0.4 is 15.4 Å². The van der Waals surface area contributed by atoms with Gasteiger partial charge in [0, 0.05) is 0 Å². The van der Waals surface area contributed by atoms with Crippen LogP contribution in [0.5, 0.6) is 5.75 Å². The van der Waals surface area contributed by atoms with Gasteiger partial charge in [-0.15, -0.1) is 11.3 Å². The molecule has 2 rings (SSSR count). The van der Waals surface area contributed by atoms with Crippen molar-refractivity contribution in [2.24, 2.45) is 0 Å². The molecule has 1 aromatic heterocycles. The number of thiophene rings is 1. The number of benzene rings is 1. The molecule has 1 heterocycles. The summed E-state index contributed by atoms with van der Waals surface area (Å²) in [5.74, 6) is -0.411. The minimum absolute atomic E-state index is 0.246. The molecule has 0 fully saturated rings. The van der Waals surface area contributed by atoms with Crippen molar-refractivity contribution in [2.45, 2.75) is 13.0 Å². The average Bonchev–Trinajstić information content (AvgIpc) is 2.99. The van der Waals surface area contributed by atoms with Crippen molar-refractivity contribution >= 4 is 39.1 Å². The Morgan fingerprint density at radius 2 is 1.96 bits per heavy atom. The summed E-state index contributed by atoms with van der Waals surface area (Å²) in [5, 5.41) is 5.30.